The Balaban J connectivity index is 2.66. The summed E-state index contributed by atoms with van der Waals surface area (Å²) >= 11 is 0. The van der Waals surface area contributed by atoms with Gasteiger partial charge in [-0.05, 0) is 19.3 Å². The lowest BCUT2D eigenvalue weighted by Crippen LogP contribution is -2.35. The van der Waals surface area contributed by atoms with Crippen LogP contribution in [0, 0.1) is 11.8 Å². The Labute approximate surface area is 73.3 Å². The monoisotopic (exact) mass is 168 g/mol. The molecule has 2 heteroatoms. The summed E-state index contributed by atoms with van der Waals surface area (Å²) < 4.78 is 0. The third kappa shape index (κ3) is 1.75. The zero-order valence-electron chi connectivity index (χ0n) is 7.71. The van der Waals surface area contributed by atoms with Gasteiger partial charge in [-0.3, -0.25) is 4.79 Å². The molecule has 1 aliphatic rings. The molecule has 0 radical (unpaired) electrons. The molecule has 0 heterocycles. The number of allylic oxidation sites excluding steroid dienone is 1. The third-order valence-electron chi connectivity index (χ3n) is 2.76. The van der Waals surface area contributed by atoms with Crippen molar-refractivity contribution in [3.8, 4) is 0 Å². The lowest BCUT2D eigenvalue weighted by Gasteiger charge is -2.30. The van der Waals surface area contributed by atoms with Crippen molar-refractivity contribution in [2.45, 2.75) is 32.8 Å². The Morgan fingerprint density at radius 2 is 2.25 bits per heavy atom. The van der Waals surface area contributed by atoms with Crippen molar-refractivity contribution in [1.82, 2.24) is 0 Å². The van der Waals surface area contributed by atoms with Gasteiger partial charge >= 0.3 is 0 Å². The van der Waals surface area contributed by atoms with E-state index in [1.54, 1.807) is 6.92 Å². The topological polar surface area (TPSA) is 37.3 Å². The van der Waals surface area contributed by atoms with Crippen LogP contribution in [0.25, 0.3) is 0 Å². The zero-order chi connectivity index (χ0) is 9.30. The normalized spacial score (nSPS) is 36.6. The number of aliphatic hydroxyl groups is 1. The van der Waals surface area contributed by atoms with Gasteiger partial charge in [0.1, 0.15) is 5.78 Å². The van der Waals surface area contributed by atoms with E-state index < -0.39 is 6.10 Å². The van der Waals surface area contributed by atoms with Gasteiger partial charge < -0.3 is 5.11 Å². The fourth-order valence-corrected chi connectivity index (χ4v) is 1.60. The molecule has 1 rings (SSSR count). The Kier molecular flexibility index (Phi) is 2.68. The van der Waals surface area contributed by atoms with E-state index in [9.17, 15) is 9.90 Å². The largest absolute Gasteiger partial charge is 0.392 e. The van der Waals surface area contributed by atoms with Crippen LogP contribution in [-0.4, -0.2) is 17.0 Å². The zero-order valence-corrected chi connectivity index (χ0v) is 7.71. The van der Waals surface area contributed by atoms with Crippen LogP contribution < -0.4 is 0 Å². The summed E-state index contributed by atoms with van der Waals surface area (Å²) in [6, 6.07) is 0. The summed E-state index contributed by atoms with van der Waals surface area (Å²) in [5.74, 6) is 0.186. The van der Waals surface area contributed by atoms with Crippen molar-refractivity contribution in [3.05, 3.63) is 12.2 Å². The average Bonchev–Trinajstić information content (AvgIpc) is 1.99. The molecular weight excluding hydrogens is 152 g/mol. The van der Waals surface area contributed by atoms with Crippen LogP contribution in [0.4, 0.5) is 0 Å². The molecule has 0 aromatic rings. The Morgan fingerprint density at radius 3 is 2.67 bits per heavy atom. The van der Waals surface area contributed by atoms with Gasteiger partial charge in [-0.25, -0.2) is 0 Å². The van der Waals surface area contributed by atoms with Crippen LogP contribution in [0.1, 0.15) is 26.7 Å². The number of carbonyl (C=O) groups excluding carboxylic acids is 1. The number of hydrogen-bond donors (Lipinski definition) is 1. The summed E-state index contributed by atoms with van der Waals surface area (Å²) in [4.78, 5) is 11.3. The van der Waals surface area contributed by atoms with Crippen molar-refractivity contribution < 1.29 is 9.90 Å². The molecule has 1 aliphatic carbocycles. The van der Waals surface area contributed by atoms with Crippen LogP contribution in [-0.2, 0) is 4.79 Å². The molecule has 0 saturated heterocycles. The third-order valence-corrected chi connectivity index (χ3v) is 2.76. The SMILES string of the molecule is C=C(C)[C@@H]1CC(=O)[C@@H](C)[C@H](O)C1. The molecule has 0 unspecified atom stereocenters. The van der Waals surface area contributed by atoms with Gasteiger partial charge in [0, 0.05) is 12.3 Å². The second-order valence-electron chi connectivity index (χ2n) is 3.81. The molecule has 0 bridgehead atoms. The van der Waals surface area contributed by atoms with Crippen LogP contribution in [0.2, 0.25) is 0 Å². The highest BCUT2D eigenvalue weighted by Gasteiger charge is 2.32. The van der Waals surface area contributed by atoms with E-state index in [0.29, 0.717) is 12.8 Å². The predicted molar refractivity (Wildman–Crippen MR) is 47.7 cm³/mol. The lowest BCUT2D eigenvalue weighted by atomic mass is 9.77. The summed E-state index contributed by atoms with van der Waals surface area (Å²) in [5, 5.41) is 9.51. The fraction of sp³-hybridized carbons (Fsp3) is 0.700. The standard InChI is InChI=1S/C10H16O2/c1-6(2)8-4-9(11)7(3)10(12)5-8/h7-9,11H,1,4-5H2,2-3H3/t7-,8-,9+/m0/s1. The van der Waals surface area contributed by atoms with Crippen molar-refractivity contribution in [2.75, 3.05) is 0 Å². The van der Waals surface area contributed by atoms with Crippen molar-refractivity contribution >= 4 is 5.78 Å². The maximum atomic E-state index is 11.3. The maximum absolute atomic E-state index is 11.3. The highest BCUT2D eigenvalue weighted by molar-refractivity contribution is 5.82. The predicted octanol–water partition coefficient (Wildman–Crippen LogP) is 1.54. The number of ketones is 1. The molecule has 0 aromatic carbocycles. The molecule has 2 nitrogen and oxygen atoms in total. The van der Waals surface area contributed by atoms with Crippen molar-refractivity contribution in [3.63, 3.8) is 0 Å². The molecule has 68 valence electrons. The smallest absolute Gasteiger partial charge is 0.138 e. The molecule has 0 aromatic heterocycles. The van der Waals surface area contributed by atoms with E-state index in [2.05, 4.69) is 6.58 Å². The molecular formula is C10H16O2. The first-order valence-corrected chi connectivity index (χ1v) is 4.38. The number of Topliss-reactive ketones (excluding diaryl/α,β-unsaturated/α-hetero) is 1. The molecule has 0 amide bonds. The van der Waals surface area contributed by atoms with E-state index >= 15 is 0 Å². The van der Waals surface area contributed by atoms with Gasteiger partial charge in [-0.1, -0.05) is 19.1 Å². The Bertz CT molecular complexity index is 208. The minimum atomic E-state index is -0.465. The molecule has 0 aliphatic heterocycles. The van der Waals surface area contributed by atoms with Gasteiger partial charge in [-0.15, -0.1) is 0 Å². The summed E-state index contributed by atoms with van der Waals surface area (Å²) in [7, 11) is 0. The first-order valence-electron chi connectivity index (χ1n) is 4.38. The molecule has 12 heavy (non-hydrogen) atoms. The van der Waals surface area contributed by atoms with Gasteiger partial charge in [0.25, 0.3) is 0 Å². The maximum Gasteiger partial charge on any atom is 0.138 e. The highest BCUT2D eigenvalue weighted by Crippen LogP contribution is 2.30. The molecule has 1 N–H and O–H groups in total. The van der Waals surface area contributed by atoms with E-state index in [1.807, 2.05) is 6.92 Å². The molecule has 3 atom stereocenters. The van der Waals surface area contributed by atoms with Crippen LogP contribution in [0.3, 0.4) is 0 Å². The quantitative estimate of drug-likeness (QED) is 0.603. The Hall–Kier alpha value is -0.630. The summed E-state index contributed by atoms with van der Waals surface area (Å²) in [5.41, 5.74) is 1.01. The van der Waals surface area contributed by atoms with Crippen LogP contribution in [0.5, 0.6) is 0 Å². The van der Waals surface area contributed by atoms with Crippen molar-refractivity contribution in [1.29, 1.82) is 0 Å². The molecule has 0 spiro atoms. The fourth-order valence-electron chi connectivity index (χ4n) is 1.60. The number of rotatable bonds is 1. The van der Waals surface area contributed by atoms with Gasteiger partial charge in [-0.2, -0.15) is 0 Å². The van der Waals surface area contributed by atoms with E-state index in [0.717, 1.165) is 5.57 Å². The minimum absolute atomic E-state index is 0.168. The lowest BCUT2D eigenvalue weighted by molar-refractivity contribution is -0.129. The second-order valence-corrected chi connectivity index (χ2v) is 3.81. The number of carbonyl (C=O) groups is 1. The van der Waals surface area contributed by atoms with Crippen molar-refractivity contribution in [2.24, 2.45) is 11.8 Å². The van der Waals surface area contributed by atoms with E-state index in [-0.39, 0.29) is 17.6 Å². The molecule has 1 saturated carbocycles. The minimum Gasteiger partial charge on any atom is -0.392 e. The van der Waals surface area contributed by atoms with Crippen LogP contribution in [0.15, 0.2) is 12.2 Å². The summed E-state index contributed by atoms with van der Waals surface area (Å²) in [6.45, 7) is 7.52. The average molecular weight is 168 g/mol. The van der Waals surface area contributed by atoms with E-state index in [4.69, 9.17) is 0 Å². The van der Waals surface area contributed by atoms with Gasteiger partial charge in [0.2, 0.25) is 0 Å². The van der Waals surface area contributed by atoms with Gasteiger partial charge in [0.15, 0.2) is 0 Å². The summed E-state index contributed by atoms with van der Waals surface area (Å²) in [6.07, 6.45) is 0.795. The van der Waals surface area contributed by atoms with Gasteiger partial charge in [0.05, 0.1) is 6.10 Å². The first-order chi connectivity index (χ1) is 5.52. The Morgan fingerprint density at radius 1 is 1.67 bits per heavy atom. The number of aliphatic hydroxyl groups excluding tert-OH is 1. The first kappa shape index (κ1) is 9.46. The van der Waals surface area contributed by atoms with Crippen LogP contribution >= 0.6 is 0 Å². The molecule has 1 fully saturated rings. The second kappa shape index (κ2) is 3.40. The highest BCUT2D eigenvalue weighted by atomic mass is 16.3. The van der Waals surface area contributed by atoms with E-state index in [1.165, 1.54) is 0 Å². The number of hydrogen-bond acceptors (Lipinski definition) is 2.